The molecule has 1 aromatic rings. The van der Waals surface area contributed by atoms with Gasteiger partial charge in [0.2, 0.25) is 17.1 Å². The number of hydrogen-bond acceptors (Lipinski definition) is 11. The minimum Gasteiger partial charge on any atom is -0.478 e. The number of nitrogens with one attached hydrogen (secondary N) is 1. The molecular weight excluding hydrogens is 562 g/mol. The third-order valence-corrected chi connectivity index (χ3v) is 9.34. The Labute approximate surface area is 237 Å². The maximum Gasteiger partial charge on any atom is 0.352 e. The molecule has 214 valence electrons. The van der Waals surface area contributed by atoms with Crippen molar-refractivity contribution in [1.29, 1.82) is 0 Å². The SMILES string of the molecule is CC(C)(O/N=C(\C(=O)N[C@@H]1C(=O)N2C(C(=O)O)=C(C[N+]3(C)CC4=C(CCC4)C3)CS[C@H]12)c1nsc(N)n1)C(=O)O. The number of nitrogen functional groups attached to an aromatic ring is 1. The van der Waals surface area contributed by atoms with E-state index in [9.17, 15) is 29.4 Å². The van der Waals surface area contributed by atoms with Crippen molar-refractivity contribution in [3.63, 3.8) is 0 Å². The van der Waals surface area contributed by atoms with E-state index >= 15 is 0 Å². The third kappa shape index (κ3) is 5.06. The quantitative estimate of drug-likeness (QED) is 0.102. The topological polar surface area (TPSA) is 197 Å². The van der Waals surface area contributed by atoms with E-state index in [1.54, 1.807) is 0 Å². The highest BCUT2D eigenvalue weighted by Gasteiger charge is 2.55. The number of quaternary nitrogens is 1. The molecular formula is C24H30N7O7S2+. The number of likely N-dealkylation sites (tertiary alicyclic amines) is 1. The zero-order valence-corrected chi connectivity index (χ0v) is 23.8. The first kappa shape index (κ1) is 28.0. The first-order chi connectivity index (χ1) is 18.8. The number of rotatable bonds is 9. The van der Waals surface area contributed by atoms with Crippen molar-refractivity contribution in [2.45, 2.75) is 50.1 Å². The normalized spacial score (nSPS) is 24.0. The molecule has 0 aromatic carbocycles. The number of nitrogens with zero attached hydrogens (tertiary/aromatic N) is 5. The number of hydrogen-bond donors (Lipinski definition) is 4. The van der Waals surface area contributed by atoms with E-state index in [1.807, 2.05) is 0 Å². The second-order valence-electron chi connectivity index (χ2n) is 11.1. The number of likely N-dealkylation sites (N-methyl/N-ethyl adjacent to an activating group) is 1. The lowest BCUT2D eigenvalue weighted by atomic mass is 10.0. The van der Waals surface area contributed by atoms with Crippen molar-refractivity contribution in [2.24, 2.45) is 5.16 Å². The summed E-state index contributed by atoms with van der Waals surface area (Å²) >= 11 is 2.18. The summed E-state index contributed by atoms with van der Waals surface area (Å²) in [5.41, 5.74) is 7.04. The van der Waals surface area contributed by atoms with Gasteiger partial charge in [-0.2, -0.15) is 9.36 Å². The van der Waals surface area contributed by atoms with Crippen LogP contribution in [0.3, 0.4) is 0 Å². The Morgan fingerprint density at radius 1 is 1.25 bits per heavy atom. The van der Waals surface area contributed by atoms with Crippen LogP contribution in [0, 0.1) is 0 Å². The van der Waals surface area contributed by atoms with Gasteiger partial charge in [0.25, 0.3) is 11.8 Å². The number of carboxylic acids is 2. The van der Waals surface area contributed by atoms with Crippen molar-refractivity contribution in [2.75, 3.05) is 38.2 Å². The molecule has 0 saturated carbocycles. The Hall–Kier alpha value is -3.50. The molecule has 3 aliphatic heterocycles. The molecule has 1 fully saturated rings. The molecule has 2 atom stereocenters. The summed E-state index contributed by atoms with van der Waals surface area (Å²) in [6.07, 6.45) is 3.39. The van der Waals surface area contributed by atoms with E-state index in [1.165, 1.54) is 48.1 Å². The molecule has 1 aliphatic carbocycles. The smallest absolute Gasteiger partial charge is 0.352 e. The molecule has 0 unspecified atom stereocenters. The van der Waals surface area contributed by atoms with E-state index in [2.05, 4.69) is 26.9 Å². The Morgan fingerprint density at radius 2 is 1.93 bits per heavy atom. The third-order valence-electron chi connectivity index (χ3n) is 7.46. The van der Waals surface area contributed by atoms with Crippen LogP contribution in [0.5, 0.6) is 0 Å². The van der Waals surface area contributed by atoms with Gasteiger partial charge < -0.3 is 30.6 Å². The summed E-state index contributed by atoms with van der Waals surface area (Å²) in [6, 6.07) is -1.04. The van der Waals surface area contributed by atoms with Gasteiger partial charge in [-0.3, -0.25) is 14.5 Å². The van der Waals surface area contributed by atoms with Gasteiger partial charge in [0.15, 0.2) is 5.13 Å². The second kappa shape index (κ2) is 10.2. The Kier molecular flexibility index (Phi) is 7.12. The molecule has 2 amide bonds. The minimum absolute atomic E-state index is 0.0277. The number of carboxylic acid groups (broad SMARTS) is 2. The number of nitrogens with two attached hydrogens (primary N) is 1. The number of aromatic nitrogens is 2. The van der Waals surface area contributed by atoms with E-state index in [-0.39, 0.29) is 16.7 Å². The fraction of sp³-hybridized carbons (Fsp3) is 0.542. The predicted octanol–water partition coefficient (Wildman–Crippen LogP) is 0.384. The Bertz CT molecular complexity index is 1380. The number of anilines is 1. The molecule has 1 aromatic heterocycles. The first-order valence-electron chi connectivity index (χ1n) is 12.6. The highest BCUT2D eigenvalue weighted by molar-refractivity contribution is 8.00. The van der Waals surface area contributed by atoms with Crippen LogP contribution in [-0.2, 0) is 24.0 Å². The largest absolute Gasteiger partial charge is 0.478 e. The van der Waals surface area contributed by atoms with Crippen LogP contribution in [0.15, 0.2) is 27.6 Å². The van der Waals surface area contributed by atoms with Crippen LogP contribution in [0.4, 0.5) is 5.13 Å². The minimum atomic E-state index is -1.77. The maximum absolute atomic E-state index is 13.2. The summed E-state index contributed by atoms with van der Waals surface area (Å²) in [7, 11) is 2.12. The zero-order chi connectivity index (χ0) is 29.0. The van der Waals surface area contributed by atoms with E-state index in [4.69, 9.17) is 10.6 Å². The monoisotopic (exact) mass is 592 g/mol. The van der Waals surface area contributed by atoms with Crippen LogP contribution < -0.4 is 11.1 Å². The summed E-state index contributed by atoms with van der Waals surface area (Å²) in [6.45, 7) is 4.80. The zero-order valence-electron chi connectivity index (χ0n) is 22.2. The molecule has 5 rings (SSSR count). The van der Waals surface area contributed by atoms with Crippen LogP contribution in [0.1, 0.15) is 38.9 Å². The van der Waals surface area contributed by atoms with Crippen molar-refractivity contribution >= 4 is 57.9 Å². The predicted molar refractivity (Wildman–Crippen MR) is 145 cm³/mol. The van der Waals surface area contributed by atoms with Crippen LogP contribution >= 0.6 is 23.3 Å². The van der Waals surface area contributed by atoms with Gasteiger partial charge in [-0.05, 0) is 44.3 Å². The van der Waals surface area contributed by atoms with Crippen LogP contribution in [-0.4, -0.2) is 108 Å². The molecule has 4 aliphatic rings. The molecule has 40 heavy (non-hydrogen) atoms. The number of carbonyl (C=O) groups excluding carboxylic acids is 2. The number of β-lactam (4-membered cyclic amide) rings is 1. The number of aliphatic carboxylic acids is 2. The van der Waals surface area contributed by atoms with Crippen LogP contribution in [0.25, 0.3) is 0 Å². The fourth-order valence-corrected chi connectivity index (χ4v) is 7.30. The molecule has 4 heterocycles. The summed E-state index contributed by atoms with van der Waals surface area (Å²) < 4.78 is 4.65. The van der Waals surface area contributed by atoms with Gasteiger partial charge in [-0.15, -0.1) is 11.8 Å². The number of fused-ring (bicyclic) bond motifs is 1. The number of amides is 2. The average Bonchev–Trinajstić information content (AvgIpc) is 3.57. The summed E-state index contributed by atoms with van der Waals surface area (Å²) in [5, 5.41) is 25.1. The van der Waals surface area contributed by atoms with E-state index in [0.717, 1.165) is 37.5 Å². The van der Waals surface area contributed by atoms with Crippen molar-refractivity contribution in [1.82, 2.24) is 19.6 Å². The molecule has 0 spiro atoms. The lowest BCUT2D eigenvalue weighted by Gasteiger charge is -2.49. The second-order valence-corrected chi connectivity index (χ2v) is 13.0. The van der Waals surface area contributed by atoms with Crippen molar-refractivity contribution in [3.05, 3.63) is 28.2 Å². The van der Waals surface area contributed by atoms with Crippen LogP contribution in [0.2, 0.25) is 0 Å². The van der Waals surface area contributed by atoms with Gasteiger partial charge in [-0.25, -0.2) is 9.59 Å². The molecule has 0 radical (unpaired) electrons. The fourth-order valence-electron chi connectivity index (χ4n) is 5.53. The lowest BCUT2D eigenvalue weighted by molar-refractivity contribution is -0.890. The Balaban J connectivity index is 1.33. The molecule has 5 N–H and O–H groups in total. The van der Waals surface area contributed by atoms with Gasteiger partial charge in [0.05, 0.1) is 7.05 Å². The van der Waals surface area contributed by atoms with Gasteiger partial charge in [0.1, 0.15) is 36.7 Å². The van der Waals surface area contributed by atoms with Gasteiger partial charge in [0, 0.05) is 22.9 Å². The standard InChI is InChI=1S/C24H29N7O7S2/c1-24(2,22(36)37)38-28-14(17-27-23(25)40-29-17)18(32)26-15-19(33)30-16(21(34)35)13(10-39-20(15)30)9-31(3)7-11-5-4-6-12(11)8-31/h15,20H,4-10H2,1-3H3,(H4-,25,26,27,29,32,34,35,36,37)/p+1/b28-14-/t15-,20-/m1/s1. The molecule has 14 nitrogen and oxygen atoms in total. The summed E-state index contributed by atoms with van der Waals surface area (Å²) in [4.78, 5) is 60.5. The highest BCUT2D eigenvalue weighted by atomic mass is 32.2. The van der Waals surface area contributed by atoms with E-state index in [0.29, 0.717) is 22.4 Å². The lowest BCUT2D eigenvalue weighted by Crippen LogP contribution is -2.71. The molecule has 0 bridgehead atoms. The van der Waals surface area contributed by atoms with Crippen molar-refractivity contribution in [3.8, 4) is 0 Å². The summed E-state index contributed by atoms with van der Waals surface area (Å²) in [5.74, 6) is -3.75. The average molecular weight is 593 g/mol. The Morgan fingerprint density at radius 3 is 2.50 bits per heavy atom. The van der Waals surface area contributed by atoms with Crippen molar-refractivity contribution < 1.29 is 38.7 Å². The van der Waals surface area contributed by atoms with E-state index < -0.39 is 46.5 Å². The number of thioether (sulfide) groups is 1. The maximum atomic E-state index is 13.2. The molecule has 16 heteroatoms. The molecule has 1 saturated heterocycles. The number of carbonyl (C=O) groups is 4. The van der Waals surface area contributed by atoms with Gasteiger partial charge in [-0.1, -0.05) is 5.16 Å². The first-order valence-corrected chi connectivity index (χ1v) is 14.5. The highest BCUT2D eigenvalue weighted by Crippen LogP contribution is 2.42. The van der Waals surface area contributed by atoms with Gasteiger partial charge >= 0.3 is 11.9 Å². The number of oxime groups is 1.